The minimum atomic E-state index is -3.78. The Morgan fingerprint density at radius 2 is 2.10 bits per heavy atom. The van der Waals surface area contributed by atoms with Gasteiger partial charge in [-0.05, 0) is 19.3 Å². The molecule has 1 aliphatic rings. The summed E-state index contributed by atoms with van der Waals surface area (Å²) in [4.78, 5) is 0. The van der Waals surface area contributed by atoms with Gasteiger partial charge in [0.2, 0.25) is 0 Å². The van der Waals surface area contributed by atoms with Gasteiger partial charge in [-0.2, -0.15) is 8.42 Å². The number of hydrogen-bond acceptors (Lipinski definition) is 2. The van der Waals surface area contributed by atoms with Gasteiger partial charge in [-0.3, -0.25) is 4.55 Å². The summed E-state index contributed by atoms with van der Waals surface area (Å²) >= 11 is 0. The Hall–Kier alpha value is -0.0900. The average Bonchev–Trinajstić information content (AvgIpc) is 1.88. The van der Waals surface area contributed by atoms with Crippen molar-refractivity contribution in [2.24, 2.45) is 0 Å². The SMILES string of the molecule is O=S(=O)(O)C1[CH]CCCC1. The smallest absolute Gasteiger partial charge is 0.268 e. The summed E-state index contributed by atoms with van der Waals surface area (Å²) in [6, 6.07) is 0. The van der Waals surface area contributed by atoms with Crippen molar-refractivity contribution >= 4 is 10.1 Å². The van der Waals surface area contributed by atoms with Crippen molar-refractivity contribution in [2.75, 3.05) is 0 Å². The predicted octanol–water partition coefficient (Wildman–Crippen LogP) is 1.02. The maximum absolute atomic E-state index is 10.5. The Bertz CT molecular complexity index is 189. The fourth-order valence-corrected chi connectivity index (χ4v) is 2.03. The van der Waals surface area contributed by atoms with Crippen LogP contribution in [0.25, 0.3) is 0 Å². The number of hydrogen-bond donors (Lipinski definition) is 1. The van der Waals surface area contributed by atoms with E-state index in [0.29, 0.717) is 6.42 Å². The van der Waals surface area contributed by atoms with Crippen molar-refractivity contribution in [2.45, 2.75) is 30.9 Å². The zero-order valence-electron chi connectivity index (χ0n) is 5.66. The molecule has 1 unspecified atom stereocenters. The third-order valence-electron chi connectivity index (χ3n) is 1.75. The van der Waals surface area contributed by atoms with Crippen LogP contribution in [0.5, 0.6) is 0 Å². The van der Waals surface area contributed by atoms with E-state index in [9.17, 15) is 8.42 Å². The second-order valence-electron chi connectivity index (χ2n) is 2.57. The van der Waals surface area contributed by atoms with Gasteiger partial charge in [0.05, 0.1) is 5.25 Å². The van der Waals surface area contributed by atoms with Gasteiger partial charge >= 0.3 is 0 Å². The fourth-order valence-electron chi connectivity index (χ4n) is 1.18. The Balaban J connectivity index is 2.56. The minimum absolute atomic E-state index is 0.582. The molecule has 3 nitrogen and oxygen atoms in total. The summed E-state index contributed by atoms with van der Waals surface area (Å²) in [5, 5.41) is -0.596. The first kappa shape index (κ1) is 8.01. The molecule has 1 rings (SSSR count). The summed E-state index contributed by atoms with van der Waals surface area (Å²) in [7, 11) is -3.78. The van der Waals surface area contributed by atoms with E-state index in [4.69, 9.17) is 4.55 Å². The molecule has 1 aliphatic carbocycles. The molecule has 0 aromatic rings. The summed E-state index contributed by atoms with van der Waals surface area (Å²) < 4.78 is 29.6. The Morgan fingerprint density at radius 3 is 2.40 bits per heavy atom. The van der Waals surface area contributed by atoms with Crippen molar-refractivity contribution in [3.05, 3.63) is 6.42 Å². The van der Waals surface area contributed by atoms with Gasteiger partial charge in [-0.25, -0.2) is 0 Å². The van der Waals surface area contributed by atoms with E-state index in [1.807, 2.05) is 0 Å². The third-order valence-corrected chi connectivity index (χ3v) is 2.95. The van der Waals surface area contributed by atoms with Crippen molar-refractivity contribution < 1.29 is 13.0 Å². The zero-order valence-corrected chi connectivity index (χ0v) is 6.47. The standard InChI is InChI=1S/C6H11O3S/c7-10(8,9)6-4-2-1-3-5-6/h4,6H,1-3,5H2,(H,7,8,9). The lowest BCUT2D eigenvalue weighted by atomic mass is 10.0. The maximum Gasteiger partial charge on any atom is 0.268 e. The first-order chi connectivity index (χ1) is 4.61. The van der Waals surface area contributed by atoms with Crippen LogP contribution < -0.4 is 0 Å². The van der Waals surface area contributed by atoms with Gasteiger partial charge in [0, 0.05) is 0 Å². The van der Waals surface area contributed by atoms with Crippen LogP contribution in [0.1, 0.15) is 25.7 Å². The molecule has 10 heavy (non-hydrogen) atoms. The first-order valence-corrected chi connectivity index (χ1v) is 4.90. The van der Waals surface area contributed by atoms with Gasteiger partial charge in [-0.15, -0.1) is 0 Å². The molecule has 0 aromatic heterocycles. The summed E-state index contributed by atoms with van der Waals surface area (Å²) in [6.07, 6.45) is 5.02. The Morgan fingerprint density at radius 1 is 1.40 bits per heavy atom. The van der Waals surface area contributed by atoms with Crippen LogP contribution in [0.4, 0.5) is 0 Å². The topological polar surface area (TPSA) is 54.4 Å². The van der Waals surface area contributed by atoms with Gasteiger partial charge in [0.1, 0.15) is 0 Å². The summed E-state index contributed by atoms with van der Waals surface area (Å²) in [5.41, 5.74) is 0. The molecular weight excluding hydrogens is 152 g/mol. The van der Waals surface area contributed by atoms with Crippen molar-refractivity contribution in [3.63, 3.8) is 0 Å². The number of rotatable bonds is 1. The molecule has 0 saturated heterocycles. The molecule has 0 heterocycles. The molecule has 1 saturated carbocycles. The molecule has 0 bridgehead atoms. The molecule has 1 N–H and O–H groups in total. The Kier molecular flexibility index (Phi) is 2.31. The monoisotopic (exact) mass is 163 g/mol. The largest absolute Gasteiger partial charge is 0.285 e. The lowest BCUT2D eigenvalue weighted by molar-refractivity contribution is 0.454. The highest BCUT2D eigenvalue weighted by atomic mass is 32.2. The van der Waals surface area contributed by atoms with E-state index in [1.165, 1.54) is 0 Å². The minimum Gasteiger partial charge on any atom is -0.285 e. The third kappa shape index (κ3) is 1.95. The Labute approximate surface area is 61.2 Å². The predicted molar refractivity (Wildman–Crippen MR) is 38.1 cm³/mol. The molecule has 59 valence electrons. The van der Waals surface area contributed by atoms with Gasteiger partial charge < -0.3 is 0 Å². The van der Waals surface area contributed by atoms with Gasteiger partial charge in [-0.1, -0.05) is 12.8 Å². The van der Waals surface area contributed by atoms with Crippen molar-refractivity contribution in [3.8, 4) is 0 Å². The zero-order chi connectivity index (χ0) is 7.61. The van der Waals surface area contributed by atoms with Crippen molar-refractivity contribution in [1.82, 2.24) is 0 Å². The molecule has 1 radical (unpaired) electrons. The average molecular weight is 163 g/mol. The molecule has 0 aliphatic heterocycles. The van der Waals surface area contributed by atoms with Crippen LogP contribution in [0.3, 0.4) is 0 Å². The van der Waals surface area contributed by atoms with Crippen LogP contribution in [0.2, 0.25) is 0 Å². The summed E-state index contributed by atoms with van der Waals surface area (Å²) in [6.45, 7) is 0. The molecule has 0 aromatic carbocycles. The van der Waals surface area contributed by atoms with E-state index >= 15 is 0 Å². The van der Waals surface area contributed by atoms with Crippen LogP contribution >= 0.6 is 0 Å². The van der Waals surface area contributed by atoms with Crippen molar-refractivity contribution in [1.29, 1.82) is 0 Å². The molecule has 1 atom stereocenters. The second-order valence-corrected chi connectivity index (χ2v) is 4.21. The van der Waals surface area contributed by atoms with Gasteiger partial charge in [0.15, 0.2) is 0 Å². The highest BCUT2D eigenvalue weighted by Gasteiger charge is 2.24. The first-order valence-electron chi connectivity index (χ1n) is 3.40. The van der Waals surface area contributed by atoms with Crippen LogP contribution in [0.15, 0.2) is 0 Å². The second kappa shape index (κ2) is 2.88. The molecule has 0 amide bonds. The highest BCUT2D eigenvalue weighted by Crippen LogP contribution is 2.21. The van der Waals surface area contributed by atoms with Crippen LogP contribution in [-0.2, 0) is 10.1 Å². The fraction of sp³-hybridized carbons (Fsp3) is 0.833. The van der Waals surface area contributed by atoms with E-state index in [1.54, 1.807) is 6.42 Å². The lowest BCUT2D eigenvalue weighted by Crippen LogP contribution is -2.23. The lowest BCUT2D eigenvalue weighted by Gasteiger charge is -2.17. The van der Waals surface area contributed by atoms with E-state index in [2.05, 4.69) is 0 Å². The van der Waals surface area contributed by atoms with E-state index in [0.717, 1.165) is 19.3 Å². The summed E-state index contributed by atoms with van der Waals surface area (Å²) in [5.74, 6) is 0. The quantitative estimate of drug-likeness (QED) is 0.587. The molecule has 0 spiro atoms. The van der Waals surface area contributed by atoms with Gasteiger partial charge in [0.25, 0.3) is 10.1 Å². The molecular formula is C6H11O3S. The molecule has 1 fully saturated rings. The molecule has 4 heteroatoms. The van der Waals surface area contributed by atoms with E-state index < -0.39 is 15.4 Å². The normalized spacial score (nSPS) is 22.9. The highest BCUT2D eigenvalue weighted by molar-refractivity contribution is 7.86. The van der Waals surface area contributed by atoms with Crippen LogP contribution in [0, 0.1) is 6.42 Å². The maximum atomic E-state index is 10.5. The van der Waals surface area contributed by atoms with E-state index in [-0.39, 0.29) is 0 Å². The van der Waals surface area contributed by atoms with Crippen LogP contribution in [-0.4, -0.2) is 18.2 Å².